The molecule has 83 heavy (non-hydrogen) atoms. The molecule has 13 nitrogen and oxygen atoms in total. The monoisotopic (exact) mass is 1160 g/mol. The molecule has 16 heteroatoms. The lowest BCUT2D eigenvalue weighted by molar-refractivity contribution is -0.135. The first-order valence-electron chi connectivity index (χ1n) is 28.1. The van der Waals surface area contributed by atoms with Crippen molar-refractivity contribution in [3.63, 3.8) is 0 Å². The summed E-state index contributed by atoms with van der Waals surface area (Å²) in [5.41, 5.74) is 7.57. The molecule has 1 saturated heterocycles. The van der Waals surface area contributed by atoms with Crippen LogP contribution in [-0.4, -0.2) is 77.6 Å². The van der Waals surface area contributed by atoms with Crippen LogP contribution < -0.4 is 0 Å². The van der Waals surface area contributed by atoms with Gasteiger partial charge in [0.05, 0.1) is 57.4 Å². The highest BCUT2D eigenvalue weighted by Gasteiger charge is 2.45. The van der Waals surface area contributed by atoms with Gasteiger partial charge >= 0.3 is 13.0 Å². The number of hydrogen-bond acceptors (Lipinski definition) is 12. The molecule has 0 saturated carbocycles. The molecular weight excluding hydrogens is 1070 g/mol. The molecule has 0 radical (unpaired) electrons. The number of para-hydroxylation sites is 1. The minimum Gasteiger partial charge on any atom is -0.545 e. The molecule has 1 fully saturated rings. The van der Waals surface area contributed by atoms with Crippen LogP contribution in [0.1, 0.15) is 96.3 Å². The van der Waals surface area contributed by atoms with E-state index in [1.54, 1.807) is 31.6 Å². The van der Waals surface area contributed by atoms with Crippen molar-refractivity contribution in [1.29, 1.82) is 5.26 Å². The first-order chi connectivity index (χ1) is 39.7. The van der Waals surface area contributed by atoms with Gasteiger partial charge in [0.25, 0.3) is 0 Å². The average molecular weight is 1160 g/mol. The number of ether oxygens (including phenoxy) is 3. The smallest absolute Gasteiger partial charge is 0.452 e. The number of aromatic nitrogens is 1. The lowest BCUT2D eigenvalue weighted by atomic mass is 9.74. The molecule has 3 atom stereocenters. The highest BCUT2D eigenvalue weighted by Crippen LogP contribution is 2.30. The number of aldehydes is 1. The number of aryl methyl sites for hydroxylation is 1. The zero-order valence-electron chi connectivity index (χ0n) is 50.5. The fourth-order valence-corrected chi connectivity index (χ4v) is 10.2. The van der Waals surface area contributed by atoms with Crippen LogP contribution >= 0.6 is 0 Å². The molecule has 0 unspecified atom stereocenters. The van der Waals surface area contributed by atoms with Gasteiger partial charge in [-0.15, -0.1) is 0 Å². The summed E-state index contributed by atoms with van der Waals surface area (Å²) in [6.07, 6.45) is 16.8. The Morgan fingerprint density at radius 2 is 1.42 bits per heavy atom. The molecule has 2 aliphatic heterocycles. The van der Waals surface area contributed by atoms with Crippen LogP contribution in [0.3, 0.4) is 0 Å². The highest BCUT2D eigenvalue weighted by molar-refractivity contribution is 6.70. The van der Waals surface area contributed by atoms with E-state index >= 15 is 0 Å². The minimum atomic E-state index is -1.71. The number of carbonyl (C=O) groups is 4. The van der Waals surface area contributed by atoms with Crippen molar-refractivity contribution in [2.45, 2.75) is 130 Å². The molecule has 0 spiro atoms. The number of unbranched alkanes of at least 4 members (excludes halogenated alkanes) is 1. The first-order valence-corrected chi connectivity index (χ1v) is 34.9. The zero-order chi connectivity index (χ0) is 61.0. The molecule has 5 aromatic carbocycles. The predicted octanol–water partition coefficient (Wildman–Crippen LogP) is 15.6. The van der Waals surface area contributed by atoms with Crippen molar-refractivity contribution in [3.8, 4) is 6.07 Å². The second kappa shape index (κ2) is 38.1. The van der Waals surface area contributed by atoms with E-state index in [-0.39, 0.29) is 42.8 Å². The Morgan fingerprint density at radius 3 is 1.98 bits per heavy atom. The van der Waals surface area contributed by atoms with Crippen molar-refractivity contribution in [3.05, 3.63) is 228 Å². The molecule has 0 amide bonds. The number of carbonyl (C=O) groups excluding carboxylic acids is 4. The molecule has 3 heterocycles. The van der Waals surface area contributed by atoms with Crippen LogP contribution in [-0.2, 0) is 55.1 Å². The molecular formula is C67H86BN3O10Si2. The summed E-state index contributed by atoms with van der Waals surface area (Å²) in [5.74, 6) is 0.707. The standard InChI is InChI=1S/C23H27BN2O2.C15H22O3Si.C11H10O2.C8H16O2Si.C7H6O.C3H5N/c1-3-4-13-24-26(16-18-11-9-17(2)10-12-18)22(23(27)28-24)14-19-15-25-21-8-6-5-7-20(19)21;1-17-11-10-14(16)12-15(18-19(2,3)4)13-8-6-5-7-9-13;12-10-6-7-13-11(8-10)9-4-2-1-3-5-9;1-8(6-7-9-2)10-11(3,4)5;8-6-7-4-2-1-3-5-7;1-2-3-4/h5-12,15,22,25H,3-4,13-14,16H2,1-2H3;5-11,15H,12H2,1-4H3;1-7,11H,8H2;6-7H,1H2,2-5H3;1-6H;2H2,1H3/b;11-10+;;7-6+;;/t22-;15-;11-;;;/m011.../s1. The summed E-state index contributed by atoms with van der Waals surface area (Å²) >= 11 is 0. The van der Waals surface area contributed by atoms with E-state index in [1.807, 2.05) is 110 Å². The minimum absolute atomic E-state index is 0.00829. The van der Waals surface area contributed by atoms with Crippen LogP contribution in [0.25, 0.3) is 10.9 Å². The predicted molar refractivity (Wildman–Crippen MR) is 340 cm³/mol. The van der Waals surface area contributed by atoms with E-state index in [1.165, 1.54) is 53.9 Å². The average Bonchev–Trinajstić information content (AvgIpc) is 4.12. The summed E-state index contributed by atoms with van der Waals surface area (Å²) in [7, 11) is -0.200. The van der Waals surface area contributed by atoms with Gasteiger partial charge in [-0.05, 0) is 87.3 Å². The highest BCUT2D eigenvalue weighted by atomic mass is 28.4. The molecule has 440 valence electrons. The molecule has 0 aliphatic carbocycles. The SMILES string of the molecule is C=C(/C=C/OC)O[Si](C)(C)C.CCC#N.CCCCB1OC(=O)[C@H](Cc2c[nH]c3ccccc23)N1Cc1ccc(C)cc1.CO/C=C/C(=O)C[C@@H](O[Si](C)(C)C)c1ccccc1.O=C1C=CO[C@@H](c2ccccc2)C1.O=Cc1ccccc1. The maximum absolute atomic E-state index is 12.8. The van der Waals surface area contributed by atoms with E-state index in [0.29, 0.717) is 31.4 Å². The van der Waals surface area contributed by atoms with Gasteiger partial charge in [0.15, 0.2) is 19.9 Å². The number of ketones is 2. The van der Waals surface area contributed by atoms with Gasteiger partial charge in [-0.25, -0.2) is 0 Å². The Balaban J connectivity index is 0.000000286. The number of nitrogens with zero attached hydrogens (tertiary/aromatic N) is 2. The summed E-state index contributed by atoms with van der Waals surface area (Å²) in [6, 6.07) is 47.2. The van der Waals surface area contributed by atoms with Crippen LogP contribution in [0.2, 0.25) is 45.6 Å². The number of hydrogen-bond donors (Lipinski definition) is 1. The molecule has 6 aromatic rings. The van der Waals surface area contributed by atoms with E-state index in [2.05, 4.69) is 106 Å². The summed E-state index contributed by atoms with van der Waals surface area (Å²) in [6.45, 7) is 23.2. The normalized spacial score (nSPS) is 14.9. The number of benzene rings is 5. The van der Waals surface area contributed by atoms with Crippen LogP contribution in [0.4, 0.5) is 0 Å². The number of H-pyrrole nitrogens is 1. The third-order valence-electron chi connectivity index (χ3n) is 12.1. The lowest BCUT2D eigenvalue weighted by Gasteiger charge is -2.26. The first kappa shape index (κ1) is 69.5. The molecule has 1 N–H and O–H groups in total. The van der Waals surface area contributed by atoms with Gasteiger partial charge in [-0.1, -0.05) is 172 Å². The summed E-state index contributed by atoms with van der Waals surface area (Å²) in [5, 5.41) is 8.81. The summed E-state index contributed by atoms with van der Waals surface area (Å²) in [4.78, 5) is 51.3. The molecule has 1 aromatic heterocycles. The van der Waals surface area contributed by atoms with E-state index in [9.17, 15) is 19.2 Å². The number of fused-ring (bicyclic) bond motifs is 1. The van der Waals surface area contributed by atoms with Gasteiger partial charge in [0.1, 0.15) is 18.4 Å². The fourth-order valence-electron chi connectivity index (χ4n) is 8.24. The van der Waals surface area contributed by atoms with Crippen molar-refractivity contribution in [1.82, 2.24) is 9.79 Å². The zero-order valence-corrected chi connectivity index (χ0v) is 52.5. The molecule has 0 bridgehead atoms. The van der Waals surface area contributed by atoms with Crippen molar-refractivity contribution >= 4 is 58.4 Å². The second-order valence-electron chi connectivity index (χ2n) is 21.4. The second-order valence-corrected chi connectivity index (χ2v) is 30.3. The Hall–Kier alpha value is -7.81. The third-order valence-corrected chi connectivity index (χ3v) is 14.0. The number of nitriles is 1. The lowest BCUT2D eigenvalue weighted by Crippen LogP contribution is -2.41. The van der Waals surface area contributed by atoms with Gasteiger partial charge in [-0.2, -0.15) is 5.26 Å². The van der Waals surface area contributed by atoms with Crippen LogP contribution in [0, 0.1) is 18.3 Å². The molecule has 8 rings (SSSR count). The van der Waals surface area contributed by atoms with Crippen LogP contribution in [0.15, 0.2) is 195 Å². The third kappa shape index (κ3) is 28.2. The van der Waals surface area contributed by atoms with E-state index < -0.39 is 16.6 Å². The Morgan fingerprint density at radius 1 is 0.831 bits per heavy atom. The molecule has 2 aliphatic rings. The van der Waals surface area contributed by atoms with Crippen molar-refractivity contribution in [2.75, 3.05) is 14.2 Å². The quantitative estimate of drug-likeness (QED) is 0.0253. The number of methoxy groups -OCH3 is 2. The van der Waals surface area contributed by atoms with E-state index in [4.69, 9.17) is 33.0 Å². The number of aromatic amines is 1. The Labute approximate surface area is 496 Å². The van der Waals surface area contributed by atoms with Gasteiger partial charge in [-0.3, -0.25) is 24.0 Å². The van der Waals surface area contributed by atoms with Crippen molar-refractivity contribution in [2.24, 2.45) is 0 Å². The van der Waals surface area contributed by atoms with Crippen LogP contribution in [0.5, 0.6) is 0 Å². The van der Waals surface area contributed by atoms with Crippen molar-refractivity contribution < 1.29 is 46.9 Å². The van der Waals surface area contributed by atoms with E-state index in [0.717, 1.165) is 54.2 Å². The Bertz CT molecular complexity index is 2990. The van der Waals surface area contributed by atoms with Gasteiger partial charge < -0.3 is 32.7 Å². The number of rotatable bonds is 20. The topological polar surface area (TPSA) is 166 Å². The number of nitrogens with one attached hydrogen (secondary N) is 1. The summed E-state index contributed by atoms with van der Waals surface area (Å²) < 4.78 is 32.3. The fraction of sp³-hybridized carbons (Fsp3) is 0.328. The maximum Gasteiger partial charge on any atom is 0.452 e. The van der Waals surface area contributed by atoms with Gasteiger partial charge in [0, 0.05) is 60.3 Å². The number of allylic oxidation sites excluding steroid dienone is 3. The largest absolute Gasteiger partial charge is 0.545 e. The Kier molecular flexibility index (Phi) is 31.8. The maximum atomic E-state index is 12.8. The van der Waals surface area contributed by atoms with Gasteiger partial charge in [0.2, 0.25) is 8.32 Å².